The summed E-state index contributed by atoms with van der Waals surface area (Å²) in [7, 11) is 0. The van der Waals surface area contributed by atoms with Gasteiger partial charge in [0, 0.05) is 0 Å². The lowest BCUT2D eigenvalue weighted by atomic mass is 10.1. The van der Waals surface area contributed by atoms with E-state index in [0.717, 1.165) is 11.4 Å². The predicted molar refractivity (Wildman–Crippen MR) is 79.9 cm³/mol. The van der Waals surface area contributed by atoms with Crippen LogP contribution in [-0.2, 0) is 6.18 Å². The molecule has 4 nitrogen and oxygen atoms in total. The van der Waals surface area contributed by atoms with Gasteiger partial charge in [0.25, 0.3) is 0 Å². The third-order valence-corrected chi connectivity index (χ3v) is 3.57. The van der Waals surface area contributed by atoms with Gasteiger partial charge in [-0.05, 0) is 31.2 Å². The van der Waals surface area contributed by atoms with E-state index in [1.165, 1.54) is 24.3 Å². The van der Waals surface area contributed by atoms with Gasteiger partial charge in [-0.25, -0.2) is 14.9 Å². The first-order valence-electron chi connectivity index (χ1n) is 6.70. The first-order valence-corrected chi connectivity index (χ1v) is 7.08. The van der Waals surface area contributed by atoms with Crippen molar-refractivity contribution in [3.63, 3.8) is 0 Å². The minimum absolute atomic E-state index is 0.125. The van der Waals surface area contributed by atoms with E-state index in [1.54, 1.807) is 13.0 Å². The minimum atomic E-state index is -4.36. The molecule has 3 rings (SSSR count). The van der Waals surface area contributed by atoms with E-state index in [4.69, 9.17) is 11.6 Å². The maximum absolute atomic E-state index is 12.1. The lowest BCUT2D eigenvalue weighted by Gasteiger charge is -2.08. The zero-order valence-corrected chi connectivity index (χ0v) is 13.1. The van der Waals surface area contributed by atoms with Crippen LogP contribution in [-0.4, -0.2) is 16.9 Å². The smallest absolute Gasteiger partial charge is 0.417 e. The van der Waals surface area contributed by atoms with E-state index in [9.17, 15) is 27.9 Å². The molecule has 0 unspecified atom stereocenters. The highest BCUT2D eigenvalue weighted by Gasteiger charge is 2.35. The van der Waals surface area contributed by atoms with Gasteiger partial charge in [-0.15, -0.1) is 0 Å². The van der Waals surface area contributed by atoms with Crippen LogP contribution in [0.3, 0.4) is 0 Å². The highest BCUT2D eigenvalue weighted by atomic mass is 35.5. The van der Waals surface area contributed by atoms with Crippen LogP contribution in [0.2, 0.25) is 5.02 Å². The Morgan fingerprint density at radius 1 is 1.08 bits per heavy atom. The van der Waals surface area contributed by atoms with Crippen molar-refractivity contribution in [1.82, 2.24) is 0 Å². The number of carbonyl (C=O) groups excluding carboxylic acids is 2. The van der Waals surface area contributed by atoms with E-state index >= 15 is 0 Å². The number of aryl methyl sites for hydroxylation is 1. The molecule has 24 heavy (non-hydrogen) atoms. The summed E-state index contributed by atoms with van der Waals surface area (Å²) in [6.45, 7) is 1.59. The monoisotopic (exact) mass is 358 g/mol. The molecule has 0 bridgehead atoms. The predicted octanol–water partition coefficient (Wildman–Crippen LogP) is 2.92. The summed E-state index contributed by atoms with van der Waals surface area (Å²) in [6.07, 6.45) is -4.36. The molecule has 1 heterocycles. The number of imide groups is 1. The molecule has 0 saturated heterocycles. The van der Waals surface area contributed by atoms with Gasteiger partial charge >= 0.3 is 18.0 Å². The minimum Gasteiger partial charge on any atom is -0.507 e. The molecule has 8 heteroatoms. The van der Waals surface area contributed by atoms with Crippen LogP contribution in [0.25, 0.3) is 0 Å². The van der Waals surface area contributed by atoms with Gasteiger partial charge in [-0.3, -0.25) is 0 Å². The number of hydrogen-bond acceptors (Lipinski definition) is 3. The van der Waals surface area contributed by atoms with Crippen LogP contribution in [0.1, 0.15) is 31.8 Å². The fourth-order valence-electron chi connectivity index (χ4n) is 2.13. The van der Waals surface area contributed by atoms with Gasteiger partial charge in [0.15, 0.2) is 0 Å². The molecule has 0 atom stereocenters. The van der Waals surface area contributed by atoms with Crippen LogP contribution in [0.5, 0.6) is 5.75 Å². The number of phenols is 1. The van der Waals surface area contributed by atoms with Crippen molar-refractivity contribution in [2.24, 2.45) is 0 Å². The Kier molecular flexibility index (Phi) is 4.96. The first kappa shape index (κ1) is 18.0. The summed E-state index contributed by atoms with van der Waals surface area (Å²) in [5, 5.41) is 9.96. The van der Waals surface area contributed by atoms with Gasteiger partial charge < -0.3 is 5.11 Å². The van der Waals surface area contributed by atoms with E-state index < -0.39 is 17.6 Å². The number of quaternary nitrogens is 1. The topological polar surface area (TPSA) is 71.0 Å². The van der Waals surface area contributed by atoms with Crippen molar-refractivity contribution in [1.29, 1.82) is 0 Å². The molecular weight excluding hydrogens is 347 g/mol. The van der Waals surface area contributed by atoms with Crippen molar-refractivity contribution in [3.8, 4) is 5.75 Å². The van der Waals surface area contributed by atoms with E-state index in [1.807, 2.05) is 0 Å². The molecular formula is C16H12ClF3NO3+. The highest BCUT2D eigenvalue weighted by Crippen LogP contribution is 2.34. The van der Waals surface area contributed by atoms with E-state index in [-0.39, 0.29) is 22.2 Å². The van der Waals surface area contributed by atoms with Gasteiger partial charge in [0.05, 0.1) is 10.6 Å². The Balaban J connectivity index is 0.000000174. The summed E-state index contributed by atoms with van der Waals surface area (Å²) in [5.74, 6) is -0.862. The number of nitrogens with two attached hydrogens (primary N) is 1. The molecule has 1 aliphatic heterocycles. The fraction of sp³-hybridized carbons (Fsp3) is 0.125. The Morgan fingerprint density at radius 2 is 1.75 bits per heavy atom. The summed E-state index contributed by atoms with van der Waals surface area (Å²) in [4.78, 5) is 22.1. The van der Waals surface area contributed by atoms with Crippen LogP contribution < -0.4 is 5.32 Å². The number of amides is 2. The normalized spacial score (nSPS) is 13.4. The van der Waals surface area contributed by atoms with Crippen LogP contribution in [0.15, 0.2) is 36.4 Å². The number of benzene rings is 2. The Morgan fingerprint density at radius 3 is 2.29 bits per heavy atom. The second-order valence-corrected chi connectivity index (χ2v) is 5.46. The second-order valence-electron chi connectivity index (χ2n) is 5.05. The average molecular weight is 359 g/mol. The van der Waals surface area contributed by atoms with E-state index in [2.05, 4.69) is 0 Å². The SMILES string of the molecule is Cc1ccc(Cl)c(C(F)(F)F)c1.O=C1[NH2+]C(=O)c2c(O)cccc21. The molecule has 0 fully saturated rings. The number of alkyl halides is 3. The quantitative estimate of drug-likeness (QED) is 0.711. The zero-order chi connectivity index (χ0) is 18.1. The highest BCUT2D eigenvalue weighted by molar-refractivity contribution is 6.31. The molecule has 2 aromatic rings. The number of fused-ring (bicyclic) bond motifs is 1. The Labute approximate surface area is 139 Å². The Hall–Kier alpha value is -2.38. The number of primary amides is 2. The van der Waals surface area contributed by atoms with Crippen LogP contribution in [0, 0.1) is 6.92 Å². The largest absolute Gasteiger partial charge is 0.507 e. The summed E-state index contributed by atoms with van der Waals surface area (Å²) in [5.41, 5.74) is 0.193. The third kappa shape index (κ3) is 3.74. The zero-order valence-electron chi connectivity index (χ0n) is 12.3. The Bertz CT molecular complexity index is 819. The molecule has 3 N–H and O–H groups in total. The van der Waals surface area contributed by atoms with Crippen molar-refractivity contribution in [2.75, 3.05) is 0 Å². The fourth-order valence-corrected chi connectivity index (χ4v) is 2.35. The maximum atomic E-state index is 12.1. The van der Waals surface area contributed by atoms with Gasteiger partial charge in [0.2, 0.25) is 0 Å². The van der Waals surface area contributed by atoms with Crippen molar-refractivity contribution >= 4 is 23.4 Å². The molecule has 2 aromatic carbocycles. The molecule has 0 aromatic heterocycles. The number of aromatic hydroxyl groups is 1. The third-order valence-electron chi connectivity index (χ3n) is 3.24. The van der Waals surface area contributed by atoms with Crippen LogP contribution >= 0.6 is 11.6 Å². The molecule has 0 spiro atoms. The number of halogens is 4. The lowest BCUT2D eigenvalue weighted by molar-refractivity contribution is -0.445. The second kappa shape index (κ2) is 6.62. The van der Waals surface area contributed by atoms with Gasteiger partial charge in [0.1, 0.15) is 16.9 Å². The maximum Gasteiger partial charge on any atom is 0.417 e. The van der Waals surface area contributed by atoms with Gasteiger partial charge in [-0.1, -0.05) is 29.3 Å². The van der Waals surface area contributed by atoms with Crippen molar-refractivity contribution in [2.45, 2.75) is 13.1 Å². The average Bonchev–Trinajstić information content (AvgIpc) is 2.77. The van der Waals surface area contributed by atoms with Gasteiger partial charge in [-0.2, -0.15) is 13.2 Å². The standard InChI is InChI=1S/C8H6ClF3.C8H5NO3/c1-5-2-3-7(9)6(4-5)8(10,11)12;10-5-3-1-2-4-6(5)8(12)9-7(4)11/h2-4H,1H3;1-3,10H,(H,9,11,12)/p+1. The van der Waals surface area contributed by atoms with E-state index in [0.29, 0.717) is 11.1 Å². The summed E-state index contributed by atoms with van der Waals surface area (Å²) < 4.78 is 36.4. The molecule has 2 amide bonds. The molecule has 0 saturated carbocycles. The lowest BCUT2D eigenvalue weighted by Crippen LogP contribution is -2.88. The molecule has 0 radical (unpaired) electrons. The molecule has 0 aliphatic carbocycles. The summed E-state index contributed by atoms with van der Waals surface area (Å²) >= 11 is 5.36. The molecule has 126 valence electrons. The number of carbonyl (C=O) groups is 2. The molecule has 1 aliphatic rings. The first-order chi connectivity index (χ1) is 11.1. The number of rotatable bonds is 0. The van der Waals surface area contributed by atoms with Crippen LogP contribution in [0.4, 0.5) is 13.2 Å². The van der Waals surface area contributed by atoms with Crippen molar-refractivity contribution in [3.05, 3.63) is 63.7 Å². The van der Waals surface area contributed by atoms with Crippen molar-refractivity contribution < 1.29 is 33.2 Å². The number of hydrogen-bond donors (Lipinski definition) is 2. The summed E-state index contributed by atoms with van der Waals surface area (Å²) in [6, 6.07) is 8.28.